The number of carbonyl (C=O) groups excluding carboxylic acids is 3. The van der Waals surface area contributed by atoms with Crippen LogP contribution in [0, 0.1) is 0 Å². The van der Waals surface area contributed by atoms with E-state index in [1.54, 1.807) is 36.4 Å². The topological polar surface area (TPSA) is 97.0 Å². The average Bonchev–Trinajstić information content (AvgIpc) is 3.09. The number of hydrogen-bond donors (Lipinski definition) is 2. The van der Waals surface area contributed by atoms with Gasteiger partial charge in [-0.1, -0.05) is 52.5 Å². The third-order valence-corrected chi connectivity index (χ3v) is 6.68. The number of rotatable bonds is 7. The molecule has 3 aromatic rings. The summed E-state index contributed by atoms with van der Waals surface area (Å²) < 4.78 is 10.5. The van der Waals surface area contributed by atoms with Gasteiger partial charge in [-0.15, -0.1) is 0 Å². The maximum atomic E-state index is 13.1. The molecule has 1 aliphatic heterocycles. The van der Waals surface area contributed by atoms with Crippen molar-refractivity contribution in [3.63, 3.8) is 0 Å². The van der Waals surface area contributed by atoms with E-state index < -0.39 is 17.7 Å². The first kappa shape index (κ1) is 26.6. The fourth-order valence-corrected chi connectivity index (χ4v) is 4.33. The first-order chi connectivity index (χ1) is 17.6. The molecule has 190 valence electrons. The fraction of sp³-hybridized carbons (Fsp3) is 0.0800. The maximum absolute atomic E-state index is 13.1. The van der Waals surface area contributed by atoms with E-state index in [0.717, 1.165) is 4.90 Å². The third-order valence-electron chi connectivity index (χ3n) is 5.31. The number of ether oxygens (including phenoxy) is 2. The summed E-state index contributed by atoms with van der Waals surface area (Å²) in [5, 5.41) is 5.54. The van der Waals surface area contributed by atoms with Crippen LogP contribution in [0.1, 0.15) is 10.4 Å². The van der Waals surface area contributed by atoms with E-state index in [-0.39, 0.29) is 37.0 Å². The molecule has 2 N–H and O–H groups in total. The molecule has 8 nitrogen and oxygen atoms in total. The van der Waals surface area contributed by atoms with Crippen molar-refractivity contribution in [2.45, 2.75) is 0 Å². The average molecular weight is 581 g/mol. The molecule has 0 aliphatic carbocycles. The molecule has 0 saturated carbocycles. The van der Waals surface area contributed by atoms with E-state index >= 15 is 0 Å². The van der Waals surface area contributed by atoms with Crippen LogP contribution in [0.5, 0.6) is 11.5 Å². The van der Waals surface area contributed by atoms with Crippen molar-refractivity contribution in [1.82, 2.24) is 0 Å². The molecule has 0 bridgehead atoms. The highest BCUT2D eigenvalue weighted by Gasteiger charge is 2.40. The zero-order chi connectivity index (χ0) is 26.9. The van der Waals surface area contributed by atoms with Crippen LogP contribution < -0.4 is 25.0 Å². The van der Waals surface area contributed by atoms with E-state index in [0.29, 0.717) is 22.9 Å². The van der Waals surface area contributed by atoms with E-state index in [2.05, 4.69) is 10.6 Å². The predicted octanol–water partition coefficient (Wildman–Crippen LogP) is 6.35. The monoisotopic (exact) mass is 579 g/mol. The Hall–Kier alpha value is -3.43. The highest BCUT2D eigenvalue weighted by molar-refractivity contribution is 6.54. The Labute approximate surface area is 231 Å². The number of nitrogens with one attached hydrogen (secondary N) is 2. The second-order valence-electron chi connectivity index (χ2n) is 7.58. The standard InChI is InChI=1S/C25H17Cl4N3O5/c1-36-14-6-7-18(20(9-14)37-2)31-23(33)12-4-3-5-13(8-12)30-22-21(29)24(34)32(25(22)35)19-11-16(27)15(26)10-17(19)28/h3-11,30H,1-2H3,(H,31,33). The largest absolute Gasteiger partial charge is 0.497 e. The Morgan fingerprint density at radius 1 is 0.838 bits per heavy atom. The van der Waals surface area contributed by atoms with Gasteiger partial charge in [-0.25, -0.2) is 4.90 Å². The summed E-state index contributed by atoms with van der Waals surface area (Å²) in [6.07, 6.45) is 0. The zero-order valence-electron chi connectivity index (χ0n) is 19.2. The number of carbonyl (C=O) groups is 3. The van der Waals surface area contributed by atoms with Crippen molar-refractivity contribution in [3.05, 3.63) is 86.0 Å². The van der Waals surface area contributed by atoms with Gasteiger partial charge in [0.15, 0.2) is 0 Å². The van der Waals surface area contributed by atoms with Crippen LogP contribution >= 0.6 is 46.4 Å². The van der Waals surface area contributed by atoms with Gasteiger partial charge in [-0.3, -0.25) is 14.4 Å². The number of methoxy groups -OCH3 is 2. The van der Waals surface area contributed by atoms with Crippen LogP contribution in [0.4, 0.5) is 17.1 Å². The molecule has 0 atom stereocenters. The molecule has 3 aromatic carbocycles. The summed E-state index contributed by atoms with van der Waals surface area (Å²) in [4.78, 5) is 39.6. The number of hydrogen-bond acceptors (Lipinski definition) is 6. The van der Waals surface area contributed by atoms with Crippen LogP contribution in [0.2, 0.25) is 15.1 Å². The Bertz CT molecular complexity index is 1470. The fourth-order valence-electron chi connectivity index (χ4n) is 3.49. The minimum absolute atomic E-state index is 0.0302. The summed E-state index contributed by atoms with van der Waals surface area (Å²) in [6.45, 7) is 0. The Morgan fingerprint density at radius 2 is 1.57 bits per heavy atom. The smallest absolute Gasteiger partial charge is 0.283 e. The molecule has 1 aliphatic rings. The van der Waals surface area contributed by atoms with Gasteiger partial charge in [0.1, 0.15) is 22.2 Å². The maximum Gasteiger partial charge on any atom is 0.283 e. The van der Waals surface area contributed by atoms with Gasteiger partial charge >= 0.3 is 0 Å². The summed E-state index contributed by atoms with van der Waals surface area (Å²) in [6, 6.07) is 13.9. The van der Waals surface area contributed by atoms with Crippen LogP contribution in [0.25, 0.3) is 0 Å². The van der Waals surface area contributed by atoms with Gasteiger partial charge in [0, 0.05) is 17.3 Å². The van der Waals surface area contributed by atoms with Crippen LogP contribution in [-0.4, -0.2) is 31.9 Å². The SMILES string of the molecule is COc1ccc(NC(=O)c2cccc(NC3=C(Cl)C(=O)N(c4cc(Cl)c(Cl)cc4Cl)C3=O)c2)c(OC)c1. The summed E-state index contributed by atoms with van der Waals surface area (Å²) in [7, 11) is 3.00. The number of nitrogens with zero attached hydrogens (tertiary/aromatic N) is 1. The molecule has 12 heteroatoms. The van der Waals surface area contributed by atoms with Crippen molar-refractivity contribution < 1.29 is 23.9 Å². The number of halogens is 4. The summed E-state index contributed by atoms with van der Waals surface area (Å²) >= 11 is 24.4. The van der Waals surface area contributed by atoms with Gasteiger partial charge in [-0.05, 0) is 42.5 Å². The van der Waals surface area contributed by atoms with Crippen molar-refractivity contribution in [2.75, 3.05) is 29.8 Å². The lowest BCUT2D eigenvalue weighted by Crippen LogP contribution is -2.32. The lowest BCUT2D eigenvalue weighted by molar-refractivity contribution is -0.120. The predicted molar refractivity (Wildman–Crippen MR) is 144 cm³/mol. The molecule has 0 fully saturated rings. The second-order valence-corrected chi connectivity index (χ2v) is 9.18. The molecule has 1 heterocycles. The molecule has 0 unspecified atom stereocenters. The second kappa shape index (κ2) is 10.9. The quantitative estimate of drug-likeness (QED) is 0.249. The third kappa shape index (κ3) is 5.33. The van der Waals surface area contributed by atoms with E-state index in [9.17, 15) is 14.4 Å². The first-order valence-electron chi connectivity index (χ1n) is 10.5. The minimum Gasteiger partial charge on any atom is -0.497 e. The van der Waals surface area contributed by atoms with Crippen LogP contribution in [0.15, 0.2) is 65.3 Å². The first-order valence-corrected chi connectivity index (χ1v) is 12.0. The van der Waals surface area contributed by atoms with E-state index in [1.165, 1.54) is 32.4 Å². The lowest BCUT2D eigenvalue weighted by Gasteiger charge is -2.17. The van der Waals surface area contributed by atoms with Crippen molar-refractivity contribution in [3.8, 4) is 11.5 Å². The Kier molecular flexibility index (Phi) is 7.85. The molecular formula is C25H17Cl4N3O5. The van der Waals surface area contributed by atoms with Gasteiger partial charge in [-0.2, -0.15) is 0 Å². The normalized spacial score (nSPS) is 13.2. The van der Waals surface area contributed by atoms with Gasteiger partial charge in [0.05, 0.1) is 40.7 Å². The molecule has 3 amide bonds. The molecule has 0 saturated heterocycles. The summed E-state index contributed by atoms with van der Waals surface area (Å²) in [5.41, 5.74) is 0.875. The van der Waals surface area contributed by atoms with Crippen LogP contribution in [-0.2, 0) is 9.59 Å². The molecule has 0 spiro atoms. The molecular weight excluding hydrogens is 564 g/mol. The molecule has 0 radical (unpaired) electrons. The van der Waals surface area contributed by atoms with Gasteiger partial charge < -0.3 is 20.1 Å². The Morgan fingerprint density at radius 3 is 2.27 bits per heavy atom. The van der Waals surface area contributed by atoms with Crippen LogP contribution in [0.3, 0.4) is 0 Å². The number of amides is 3. The number of imide groups is 1. The van der Waals surface area contributed by atoms with Gasteiger partial charge in [0.25, 0.3) is 17.7 Å². The number of benzene rings is 3. The van der Waals surface area contributed by atoms with Crippen molar-refractivity contribution in [1.29, 1.82) is 0 Å². The summed E-state index contributed by atoms with van der Waals surface area (Å²) in [5.74, 6) is -1.01. The molecule has 0 aromatic heterocycles. The number of anilines is 3. The van der Waals surface area contributed by atoms with E-state index in [4.69, 9.17) is 55.9 Å². The van der Waals surface area contributed by atoms with Crippen molar-refractivity contribution in [2.24, 2.45) is 0 Å². The van der Waals surface area contributed by atoms with Gasteiger partial charge in [0.2, 0.25) is 0 Å². The molecule has 4 rings (SSSR count). The molecule has 37 heavy (non-hydrogen) atoms. The van der Waals surface area contributed by atoms with E-state index in [1.807, 2.05) is 0 Å². The Balaban J connectivity index is 1.56. The van der Waals surface area contributed by atoms with Crippen molar-refractivity contribution >= 4 is 81.2 Å². The highest BCUT2D eigenvalue weighted by atomic mass is 35.5. The highest BCUT2D eigenvalue weighted by Crippen LogP contribution is 2.39. The minimum atomic E-state index is -0.796. The zero-order valence-corrected chi connectivity index (χ0v) is 22.2. The lowest BCUT2D eigenvalue weighted by atomic mass is 10.1.